The van der Waals surface area contributed by atoms with E-state index in [1.807, 2.05) is 12.1 Å². The molecule has 0 amide bonds. The summed E-state index contributed by atoms with van der Waals surface area (Å²) in [5, 5.41) is 3.34. The minimum absolute atomic E-state index is 0. The molecule has 2 aliphatic rings. The number of hydrogen-bond acceptors (Lipinski definition) is 4. The molecule has 31 heavy (non-hydrogen) atoms. The zero-order valence-corrected chi connectivity index (χ0v) is 22.1. The minimum Gasteiger partial charge on any atom is -0.381 e. The van der Waals surface area contributed by atoms with Gasteiger partial charge in [0, 0.05) is 45.8 Å². The highest BCUT2D eigenvalue weighted by atomic mass is 127. The van der Waals surface area contributed by atoms with Crippen LogP contribution in [-0.4, -0.2) is 70.0 Å². The Kier molecular flexibility index (Phi) is 10.5. The smallest absolute Gasteiger partial charge is 0.243 e. The summed E-state index contributed by atoms with van der Waals surface area (Å²) in [5.41, 5.74) is 0.994. The lowest BCUT2D eigenvalue weighted by atomic mass is 10.0. The van der Waals surface area contributed by atoms with Crippen molar-refractivity contribution in [3.05, 3.63) is 29.8 Å². The van der Waals surface area contributed by atoms with Gasteiger partial charge in [0.05, 0.1) is 18.0 Å². The van der Waals surface area contributed by atoms with Gasteiger partial charge >= 0.3 is 0 Å². The fourth-order valence-electron chi connectivity index (χ4n) is 4.12. The van der Waals surface area contributed by atoms with Crippen molar-refractivity contribution in [1.82, 2.24) is 14.5 Å². The van der Waals surface area contributed by atoms with Gasteiger partial charge in [0.25, 0.3) is 0 Å². The predicted molar refractivity (Wildman–Crippen MR) is 135 cm³/mol. The Labute approximate surface area is 204 Å². The second kappa shape index (κ2) is 12.4. The number of sulfonamides is 1. The van der Waals surface area contributed by atoms with Crippen molar-refractivity contribution in [2.75, 3.05) is 46.4 Å². The fraction of sp³-hybridized carbons (Fsp3) is 0.682. The van der Waals surface area contributed by atoms with E-state index < -0.39 is 10.0 Å². The first-order valence-electron chi connectivity index (χ1n) is 11.1. The molecule has 176 valence electrons. The molecule has 0 saturated carbocycles. The van der Waals surface area contributed by atoms with E-state index in [1.54, 1.807) is 16.4 Å². The number of benzene rings is 1. The van der Waals surface area contributed by atoms with Crippen molar-refractivity contribution in [2.24, 2.45) is 16.8 Å². The van der Waals surface area contributed by atoms with Crippen molar-refractivity contribution in [3.8, 4) is 0 Å². The van der Waals surface area contributed by atoms with Crippen LogP contribution in [0.3, 0.4) is 0 Å². The van der Waals surface area contributed by atoms with Gasteiger partial charge in [0.1, 0.15) is 0 Å². The molecule has 1 aromatic rings. The van der Waals surface area contributed by atoms with E-state index in [9.17, 15) is 8.42 Å². The van der Waals surface area contributed by atoms with E-state index in [-0.39, 0.29) is 24.0 Å². The third kappa shape index (κ3) is 7.30. The van der Waals surface area contributed by atoms with E-state index in [0.717, 1.165) is 57.1 Å². The van der Waals surface area contributed by atoms with Crippen LogP contribution < -0.4 is 5.32 Å². The summed E-state index contributed by atoms with van der Waals surface area (Å²) in [5.74, 6) is 1.82. The molecule has 3 rings (SSSR count). The molecule has 1 N–H and O–H groups in total. The standard InChI is InChI=1S/C22H36N4O3S.HI/c1-4-23-22(25(3)16-20-11-13-29-17-20)24-14-19-7-9-21(10-8-19)30(27,28)26-12-5-6-18(2)15-26;/h7-10,18,20H,4-6,11-17H2,1-3H3,(H,23,24);1H. The number of rotatable bonds is 7. The van der Waals surface area contributed by atoms with Crippen LogP contribution in [0.5, 0.6) is 0 Å². The summed E-state index contributed by atoms with van der Waals surface area (Å²) in [6, 6.07) is 7.17. The van der Waals surface area contributed by atoms with E-state index in [0.29, 0.717) is 36.4 Å². The van der Waals surface area contributed by atoms with Crippen molar-refractivity contribution in [3.63, 3.8) is 0 Å². The topological polar surface area (TPSA) is 74.2 Å². The summed E-state index contributed by atoms with van der Waals surface area (Å²) in [7, 11) is -1.36. The van der Waals surface area contributed by atoms with Gasteiger partial charge < -0.3 is 15.0 Å². The zero-order chi connectivity index (χ0) is 21.6. The van der Waals surface area contributed by atoms with E-state index >= 15 is 0 Å². The summed E-state index contributed by atoms with van der Waals surface area (Å²) >= 11 is 0. The highest BCUT2D eigenvalue weighted by molar-refractivity contribution is 14.0. The number of halogens is 1. The van der Waals surface area contributed by atoms with Gasteiger partial charge in [-0.15, -0.1) is 24.0 Å². The lowest BCUT2D eigenvalue weighted by molar-refractivity contribution is 0.181. The van der Waals surface area contributed by atoms with Gasteiger partial charge in [-0.2, -0.15) is 4.31 Å². The van der Waals surface area contributed by atoms with Crippen LogP contribution in [-0.2, 0) is 21.3 Å². The Bertz CT molecular complexity index is 811. The molecule has 2 heterocycles. The molecule has 7 nitrogen and oxygen atoms in total. The van der Waals surface area contributed by atoms with Gasteiger partial charge in [-0.05, 0) is 49.8 Å². The van der Waals surface area contributed by atoms with Crippen molar-refractivity contribution in [2.45, 2.75) is 44.6 Å². The first-order chi connectivity index (χ1) is 14.4. The summed E-state index contributed by atoms with van der Waals surface area (Å²) in [4.78, 5) is 7.27. The van der Waals surface area contributed by atoms with Crippen LogP contribution >= 0.6 is 24.0 Å². The van der Waals surface area contributed by atoms with Crippen LogP contribution in [0.15, 0.2) is 34.2 Å². The van der Waals surface area contributed by atoms with E-state index in [4.69, 9.17) is 9.73 Å². The Hall–Kier alpha value is -0.910. The van der Waals surface area contributed by atoms with Crippen molar-refractivity contribution < 1.29 is 13.2 Å². The molecule has 2 atom stereocenters. The average Bonchev–Trinajstić information content (AvgIpc) is 3.24. The second-order valence-corrected chi connectivity index (χ2v) is 10.5. The van der Waals surface area contributed by atoms with Crippen molar-refractivity contribution >= 4 is 40.0 Å². The summed E-state index contributed by atoms with van der Waals surface area (Å²) in [6.45, 7) is 9.28. The average molecular weight is 565 g/mol. The highest BCUT2D eigenvalue weighted by Crippen LogP contribution is 2.23. The maximum atomic E-state index is 12.9. The largest absolute Gasteiger partial charge is 0.381 e. The Morgan fingerprint density at radius 3 is 2.65 bits per heavy atom. The highest BCUT2D eigenvalue weighted by Gasteiger charge is 2.28. The number of nitrogens with zero attached hydrogens (tertiary/aromatic N) is 3. The number of ether oxygens (including phenoxy) is 1. The Morgan fingerprint density at radius 2 is 2.03 bits per heavy atom. The summed E-state index contributed by atoms with van der Waals surface area (Å²) < 4.78 is 32.9. The SMILES string of the molecule is CCNC(=NCc1ccc(S(=O)(=O)N2CCCC(C)C2)cc1)N(C)CC1CCOC1.I. The molecule has 0 aliphatic carbocycles. The number of hydrogen-bond donors (Lipinski definition) is 1. The molecule has 2 saturated heterocycles. The molecule has 0 spiro atoms. The minimum atomic E-state index is -3.41. The molecule has 1 aromatic carbocycles. The molecule has 9 heteroatoms. The molecule has 0 radical (unpaired) electrons. The van der Waals surface area contributed by atoms with E-state index in [1.165, 1.54) is 0 Å². The normalized spacial score (nSPS) is 22.7. The van der Waals surface area contributed by atoms with Crippen LogP contribution in [0.1, 0.15) is 38.7 Å². The predicted octanol–water partition coefficient (Wildman–Crippen LogP) is 3.16. The maximum absolute atomic E-state index is 12.9. The van der Waals surface area contributed by atoms with Crippen LogP contribution in [0, 0.1) is 11.8 Å². The molecular weight excluding hydrogens is 527 g/mol. The molecule has 2 fully saturated rings. The molecule has 0 aromatic heterocycles. The molecule has 2 aliphatic heterocycles. The second-order valence-electron chi connectivity index (χ2n) is 8.53. The number of piperidine rings is 1. The van der Waals surface area contributed by atoms with Crippen LogP contribution in [0.2, 0.25) is 0 Å². The lowest BCUT2D eigenvalue weighted by Gasteiger charge is -2.30. The fourth-order valence-corrected chi connectivity index (χ4v) is 5.72. The molecule has 0 bridgehead atoms. The van der Waals surface area contributed by atoms with Gasteiger partial charge in [-0.1, -0.05) is 19.1 Å². The van der Waals surface area contributed by atoms with Gasteiger partial charge in [-0.25, -0.2) is 13.4 Å². The van der Waals surface area contributed by atoms with Gasteiger partial charge in [0.2, 0.25) is 10.0 Å². The van der Waals surface area contributed by atoms with Crippen LogP contribution in [0.25, 0.3) is 0 Å². The van der Waals surface area contributed by atoms with Gasteiger partial charge in [-0.3, -0.25) is 0 Å². The first-order valence-corrected chi connectivity index (χ1v) is 12.5. The quantitative estimate of drug-likeness (QED) is 0.313. The van der Waals surface area contributed by atoms with E-state index in [2.05, 4.69) is 31.1 Å². The van der Waals surface area contributed by atoms with Crippen LogP contribution in [0.4, 0.5) is 0 Å². The Morgan fingerprint density at radius 1 is 1.29 bits per heavy atom. The monoisotopic (exact) mass is 564 g/mol. The summed E-state index contributed by atoms with van der Waals surface area (Å²) in [6.07, 6.45) is 3.12. The number of aliphatic imine (C=N–C) groups is 1. The lowest BCUT2D eigenvalue weighted by Crippen LogP contribution is -2.41. The van der Waals surface area contributed by atoms with Crippen molar-refractivity contribution in [1.29, 1.82) is 0 Å². The number of nitrogens with one attached hydrogen (secondary N) is 1. The van der Waals surface area contributed by atoms with Gasteiger partial charge in [0.15, 0.2) is 5.96 Å². The maximum Gasteiger partial charge on any atom is 0.243 e. The molecule has 2 unspecified atom stereocenters. The third-order valence-corrected chi connectivity index (χ3v) is 7.72. The first kappa shape index (κ1) is 26.3. The number of guanidine groups is 1. The zero-order valence-electron chi connectivity index (χ0n) is 18.9. The molecular formula is C22H37IN4O3S. The Balaban J connectivity index is 0.00000341. The third-order valence-electron chi connectivity index (χ3n) is 5.84.